The number of Topliss-reactive ketones (excluding diaryl/α,β-unsaturated/α-hetero) is 1. The van der Waals surface area contributed by atoms with Crippen LogP contribution in [-0.2, 0) is 12.8 Å². The zero-order valence-electron chi connectivity index (χ0n) is 14.5. The highest BCUT2D eigenvalue weighted by Gasteiger charge is 2.18. The molecule has 1 aromatic carbocycles. The lowest BCUT2D eigenvalue weighted by atomic mass is 10.1. The van der Waals surface area contributed by atoms with Crippen molar-refractivity contribution in [2.24, 2.45) is 0 Å². The van der Waals surface area contributed by atoms with Gasteiger partial charge in [-0.1, -0.05) is 42.5 Å². The van der Waals surface area contributed by atoms with Crippen molar-refractivity contribution in [1.29, 1.82) is 0 Å². The van der Waals surface area contributed by atoms with E-state index in [0.717, 1.165) is 40.6 Å². The summed E-state index contributed by atoms with van der Waals surface area (Å²) >= 11 is 3.33. The van der Waals surface area contributed by atoms with Gasteiger partial charge in [0, 0.05) is 19.5 Å². The Morgan fingerprint density at radius 2 is 1.80 bits per heavy atom. The summed E-state index contributed by atoms with van der Waals surface area (Å²) in [5.74, 6) is 0.193. The summed E-state index contributed by atoms with van der Waals surface area (Å²) in [5.41, 5.74) is 3.38. The number of thiophene rings is 1. The molecule has 4 rings (SSSR count). The van der Waals surface area contributed by atoms with Crippen LogP contribution in [0.2, 0.25) is 0 Å². The minimum Gasteiger partial charge on any atom is -0.348 e. The van der Waals surface area contributed by atoms with Gasteiger partial charge in [-0.05, 0) is 42.9 Å². The molecule has 0 unspecified atom stereocenters. The van der Waals surface area contributed by atoms with Crippen molar-refractivity contribution in [3.8, 4) is 0 Å². The smallest absolute Gasteiger partial charge is 0.187 e. The maximum Gasteiger partial charge on any atom is 0.187 e. The van der Waals surface area contributed by atoms with Crippen molar-refractivity contribution >= 4 is 43.1 Å². The number of rotatable bonds is 5. The van der Waals surface area contributed by atoms with Crippen LogP contribution in [0.5, 0.6) is 0 Å². The van der Waals surface area contributed by atoms with Gasteiger partial charge in [0.15, 0.2) is 10.9 Å². The van der Waals surface area contributed by atoms with Crippen molar-refractivity contribution in [2.75, 3.05) is 18.0 Å². The lowest BCUT2D eigenvalue weighted by Crippen LogP contribution is -2.29. The Labute approximate surface area is 156 Å². The Bertz CT molecular complexity index is 841. The number of hydrogen-bond donors (Lipinski definition) is 0. The third kappa shape index (κ3) is 3.62. The molecule has 1 fully saturated rings. The molecule has 5 heteroatoms. The molecule has 2 aromatic heterocycles. The number of aromatic nitrogens is 1. The average Bonchev–Trinajstić information content (AvgIpc) is 3.22. The Morgan fingerprint density at radius 1 is 1.08 bits per heavy atom. The minimum atomic E-state index is 0.193. The standard InChI is InChI=1S/C20H22N2OS2/c1-2-14-6-8-15(9-7-14)12-17(23)18-13-16-19(24-18)25-20(21-16)22-10-4-3-5-11-22/h6-9,13H,2-5,10-12H2,1H3. The first-order valence-corrected chi connectivity index (χ1v) is 10.6. The molecule has 0 spiro atoms. The van der Waals surface area contributed by atoms with Crippen molar-refractivity contribution in [2.45, 2.75) is 39.0 Å². The second-order valence-electron chi connectivity index (χ2n) is 6.60. The summed E-state index contributed by atoms with van der Waals surface area (Å²) in [6, 6.07) is 10.3. The van der Waals surface area contributed by atoms with Crippen LogP contribution in [-0.4, -0.2) is 23.9 Å². The molecule has 3 heterocycles. The van der Waals surface area contributed by atoms with Crippen LogP contribution < -0.4 is 4.90 Å². The second-order valence-corrected chi connectivity index (χ2v) is 8.89. The number of carbonyl (C=O) groups is 1. The van der Waals surface area contributed by atoms with E-state index in [4.69, 9.17) is 4.98 Å². The van der Waals surface area contributed by atoms with Crippen molar-refractivity contribution in [3.05, 3.63) is 46.3 Å². The number of nitrogens with zero attached hydrogens (tertiary/aromatic N) is 2. The first-order valence-electron chi connectivity index (χ1n) is 8.99. The Kier molecular flexibility index (Phi) is 4.86. The van der Waals surface area contributed by atoms with E-state index in [1.54, 1.807) is 22.7 Å². The number of piperidine rings is 1. The summed E-state index contributed by atoms with van der Waals surface area (Å²) in [6.07, 6.45) is 5.34. The van der Waals surface area contributed by atoms with Crippen LogP contribution in [0.1, 0.15) is 47.0 Å². The van der Waals surface area contributed by atoms with E-state index in [1.807, 2.05) is 6.07 Å². The summed E-state index contributed by atoms with van der Waals surface area (Å²) < 4.78 is 1.17. The molecule has 0 aliphatic carbocycles. The fourth-order valence-corrected chi connectivity index (χ4v) is 5.50. The van der Waals surface area contributed by atoms with Crippen LogP contribution >= 0.6 is 22.7 Å². The van der Waals surface area contributed by atoms with E-state index in [2.05, 4.69) is 36.1 Å². The quantitative estimate of drug-likeness (QED) is 0.569. The molecular weight excluding hydrogens is 348 g/mol. The van der Waals surface area contributed by atoms with Crippen molar-refractivity contribution in [3.63, 3.8) is 0 Å². The largest absolute Gasteiger partial charge is 0.348 e. The van der Waals surface area contributed by atoms with Crippen LogP contribution in [0.4, 0.5) is 5.13 Å². The van der Waals surface area contributed by atoms with E-state index < -0.39 is 0 Å². The van der Waals surface area contributed by atoms with Gasteiger partial charge in [0.2, 0.25) is 0 Å². The van der Waals surface area contributed by atoms with Gasteiger partial charge in [0.1, 0.15) is 4.01 Å². The second kappa shape index (κ2) is 7.26. The molecule has 0 bridgehead atoms. The van der Waals surface area contributed by atoms with Crippen molar-refractivity contribution < 1.29 is 4.79 Å². The average molecular weight is 371 g/mol. The molecule has 1 saturated heterocycles. The summed E-state index contributed by atoms with van der Waals surface area (Å²) in [6.45, 7) is 4.37. The predicted molar refractivity (Wildman–Crippen MR) is 107 cm³/mol. The third-order valence-corrected chi connectivity index (χ3v) is 7.16. The van der Waals surface area contributed by atoms with E-state index in [-0.39, 0.29) is 5.78 Å². The molecular formula is C20H22N2OS2. The van der Waals surface area contributed by atoms with E-state index >= 15 is 0 Å². The van der Waals surface area contributed by atoms with Gasteiger partial charge in [-0.25, -0.2) is 4.98 Å². The molecule has 130 valence electrons. The molecule has 0 saturated carbocycles. The normalized spacial score (nSPS) is 15.0. The third-order valence-electron chi connectivity index (χ3n) is 4.78. The summed E-state index contributed by atoms with van der Waals surface area (Å²) in [5, 5.41) is 1.12. The highest BCUT2D eigenvalue weighted by molar-refractivity contribution is 7.40. The lowest BCUT2D eigenvalue weighted by molar-refractivity contribution is 0.0997. The Balaban J connectivity index is 1.48. The fourth-order valence-electron chi connectivity index (χ4n) is 3.25. The molecule has 0 amide bonds. The van der Waals surface area contributed by atoms with Gasteiger partial charge in [-0.3, -0.25) is 4.79 Å². The van der Waals surface area contributed by atoms with Gasteiger partial charge in [-0.2, -0.15) is 0 Å². The zero-order chi connectivity index (χ0) is 17.2. The van der Waals surface area contributed by atoms with Gasteiger partial charge in [0.25, 0.3) is 0 Å². The Hall–Kier alpha value is -1.72. The van der Waals surface area contributed by atoms with E-state index in [0.29, 0.717) is 6.42 Å². The first-order chi connectivity index (χ1) is 12.2. The minimum absolute atomic E-state index is 0.193. The summed E-state index contributed by atoms with van der Waals surface area (Å²) in [7, 11) is 0. The molecule has 1 aliphatic heterocycles. The fraction of sp³-hybridized carbons (Fsp3) is 0.400. The zero-order valence-corrected chi connectivity index (χ0v) is 16.1. The number of carbonyl (C=O) groups excluding carboxylic acids is 1. The summed E-state index contributed by atoms with van der Waals surface area (Å²) in [4.78, 5) is 20.6. The highest BCUT2D eigenvalue weighted by Crippen LogP contribution is 2.36. The van der Waals surface area contributed by atoms with Crippen LogP contribution in [0.3, 0.4) is 0 Å². The van der Waals surface area contributed by atoms with Crippen LogP contribution in [0.25, 0.3) is 9.53 Å². The molecule has 0 N–H and O–H groups in total. The van der Waals surface area contributed by atoms with E-state index in [1.165, 1.54) is 28.8 Å². The lowest BCUT2D eigenvalue weighted by Gasteiger charge is -2.25. The molecule has 1 aliphatic rings. The predicted octanol–water partition coefficient (Wildman–Crippen LogP) is 5.34. The van der Waals surface area contributed by atoms with Crippen LogP contribution in [0, 0.1) is 0 Å². The van der Waals surface area contributed by atoms with Gasteiger partial charge in [-0.15, -0.1) is 11.3 Å². The van der Waals surface area contributed by atoms with Gasteiger partial charge >= 0.3 is 0 Å². The van der Waals surface area contributed by atoms with Gasteiger partial charge in [0.05, 0.1) is 10.4 Å². The molecule has 25 heavy (non-hydrogen) atoms. The number of fused-ring (bicyclic) bond motifs is 1. The maximum atomic E-state index is 12.6. The number of anilines is 1. The first kappa shape index (κ1) is 16.7. The molecule has 0 radical (unpaired) electrons. The number of hydrogen-bond acceptors (Lipinski definition) is 5. The number of aryl methyl sites for hydroxylation is 1. The van der Waals surface area contributed by atoms with Crippen molar-refractivity contribution in [1.82, 2.24) is 4.98 Å². The topological polar surface area (TPSA) is 33.2 Å². The van der Waals surface area contributed by atoms with E-state index in [9.17, 15) is 4.79 Å². The van der Waals surface area contributed by atoms with Gasteiger partial charge < -0.3 is 4.90 Å². The number of benzene rings is 1. The highest BCUT2D eigenvalue weighted by atomic mass is 32.2. The maximum absolute atomic E-state index is 12.6. The SMILES string of the molecule is CCc1ccc(CC(=O)c2cc3nc(N4CCCCC4)sc3s2)cc1. The number of thiazole rings is 1. The Morgan fingerprint density at radius 3 is 2.48 bits per heavy atom. The number of ketones is 1. The molecule has 3 aromatic rings. The molecule has 3 nitrogen and oxygen atoms in total. The molecule has 0 atom stereocenters. The monoisotopic (exact) mass is 370 g/mol. The van der Waals surface area contributed by atoms with Crippen LogP contribution in [0.15, 0.2) is 30.3 Å².